The van der Waals surface area contributed by atoms with E-state index >= 15 is 0 Å². The third-order valence-corrected chi connectivity index (χ3v) is 6.58. The molecule has 1 unspecified atom stereocenters. The number of amides is 1. The van der Waals surface area contributed by atoms with Gasteiger partial charge < -0.3 is 9.64 Å². The van der Waals surface area contributed by atoms with Crippen molar-refractivity contribution in [2.45, 2.75) is 31.2 Å². The van der Waals surface area contributed by atoms with E-state index in [1.807, 2.05) is 10.7 Å². The van der Waals surface area contributed by atoms with E-state index in [1.165, 1.54) is 0 Å². The van der Waals surface area contributed by atoms with Crippen LogP contribution >= 0.6 is 0 Å². The molecule has 1 saturated carbocycles. The maximum Gasteiger partial charge on any atom is 0.274 e. The Hall–Kier alpha value is -1.41. The highest BCUT2D eigenvalue weighted by Crippen LogP contribution is 2.42. The zero-order valence-electron chi connectivity index (χ0n) is 13.0. The fourth-order valence-corrected chi connectivity index (χ4v) is 5.08. The summed E-state index contributed by atoms with van der Waals surface area (Å²) in [6.45, 7) is 2.29. The molecule has 1 atom stereocenters. The predicted octanol–water partition coefficient (Wildman–Crippen LogP) is 0.593. The van der Waals surface area contributed by atoms with Gasteiger partial charge in [0, 0.05) is 24.7 Å². The van der Waals surface area contributed by atoms with Crippen molar-refractivity contribution < 1.29 is 17.9 Å². The van der Waals surface area contributed by atoms with Gasteiger partial charge in [0.1, 0.15) is 0 Å². The van der Waals surface area contributed by atoms with E-state index in [-0.39, 0.29) is 23.5 Å². The predicted molar refractivity (Wildman–Crippen MR) is 83.2 cm³/mol. The lowest BCUT2D eigenvalue weighted by Gasteiger charge is -2.26. The Bertz CT molecular complexity index is 717. The molecule has 2 aliphatic heterocycles. The molecule has 0 spiro atoms. The summed E-state index contributed by atoms with van der Waals surface area (Å²) in [4.78, 5) is 14.4. The van der Waals surface area contributed by atoms with E-state index in [2.05, 4.69) is 5.10 Å². The van der Waals surface area contributed by atoms with Gasteiger partial charge in [0.25, 0.3) is 5.91 Å². The van der Waals surface area contributed by atoms with Gasteiger partial charge >= 0.3 is 0 Å². The van der Waals surface area contributed by atoms with Gasteiger partial charge in [-0.3, -0.25) is 9.48 Å². The molecule has 0 aromatic carbocycles. The first-order valence-corrected chi connectivity index (χ1v) is 10.0. The quantitative estimate of drug-likeness (QED) is 0.805. The zero-order chi connectivity index (χ0) is 16.0. The van der Waals surface area contributed by atoms with Crippen LogP contribution in [0.5, 0.6) is 0 Å². The summed E-state index contributed by atoms with van der Waals surface area (Å²) in [5, 5.41) is 4.51. The van der Waals surface area contributed by atoms with Crippen LogP contribution < -0.4 is 0 Å². The van der Waals surface area contributed by atoms with Crippen molar-refractivity contribution in [1.29, 1.82) is 0 Å². The van der Waals surface area contributed by atoms with Crippen LogP contribution in [0.3, 0.4) is 0 Å². The van der Waals surface area contributed by atoms with Gasteiger partial charge in [0.2, 0.25) is 0 Å². The van der Waals surface area contributed by atoms with E-state index in [4.69, 9.17) is 4.74 Å². The second-order valence-corrected chi connectivity index (χ2v) is 8.86. The molecule has 23 heavy (non-hydrogen) atoms. The van der Waals surface area contributed by atoms with Crippen molar-refractivity contribution in [2.24, 2.45) is 0 Å². The number of rotatable bonds is 3. The Morgan fingerprint density at radius 3 is 2.57 bits per heavy atom. The third kappa shape index (κ3) is 3.01. The lowest BCUT2D eigenvalue weighted by Crippen LogP contribution is -2.40. The number of hydrogen-bond acceptors (Lipinski definition) is 5. The third-order valence-electron chi connectivity index (χ3n) is 4.83. The molecule has 1 aliphatic carbocycles. The van der Waals surface area contributed by atoms with Gasteiger partial charge in [-0.2, -0.15) is 5.10 Å². The van der Waals surface area contributed by atoms with E-state index in [9.17, 15) is 13.2 Å². The molecule has 3 aliphatic rings. The summed E-state index contributed by atoms with van der Waals surface area (Å²) in [5.41, 5.74) is 1.47. The van der Waals surface area contributed by atoms with E-state index in [1.54, 1.807) is 4.90 Å². The number of sulfone groups is 1. The van der Waals surface area contributed by atoms with Gasteiger partial charge in [-0.1, -0.05) is 0 Å². The largest absolute Gasteiger partial charge is 0.378 e. The second-order valence-electron chi connectivity index (χ2n) is 6.63. The Morgan fingerprint density at radius 1 is 1.22 bits per heavy atom. The summed E-state index contributed by atoms with van der Waals surface area (Å²) in [7, 11) is -2.97. The Kier molecular flexibility index (Phi) is 3.68. The zero-order valence-corrected chi connectivity index (χ0v) is 13.8. The lowest BCUT2D eigenvalue weighted by molar-refractivity contribution is 0.0298. The van der Waals surface area contributed by atoms with Crippen LogP contribution in [0.25, 0.3) is 0 Å². The van der Waals surface area contributed by atoms with Crippen LogP contribution in [-0.2, 0) is 14.6 Å². The van der Waals surface area contributed by atoms with Gasteiger partial charge in [-0.15, -0.1) is 0 Å². The minimum atomic E-state index is -2.97. The Morgan fingerprint density at radius 2 is 1.96 bits per heavy atom. The highest BCUT2D eigenvalue weighted by atomic mass is 32.2. The second kappa shape index (κ2) is 5.59. The smallest absolute Gasteiger partial charge is 0.274 e. The first-order valence-electron chi connectivity index (χ1n) is 8.20. The van der Waals surface area contributed by atoms with Crippen molar-refractivity contribution in [1.82, 2.24) is 14.7 Å². The summed E-state index contributed by atoms with van der Waals surface area (Å²) in [6.07, 6.45) is 2.78. The van der Waals surface area contributed by atoms with Crippen LogP contribution in [0.2, 0.25) is 0 Å². The summed E-state index contributed by atoms with van der Waals surface area (Å²) in [5.74, 6) is 0.709. The summed E-state index contributed by atoms with van der Waals surface area (Å²) < 4.78 is 30.6. The number of carbonyl (C=O) groups excluding carboxylic acids is 1. The van der Waals surface area contributed by atoms with Crippen LogP contribution in [-0.4, -0.2) is 66.8 Å². The number of morpholine rings is 1. The molecule has 8 heteroatoms. The Labute approximate surface area is 135 Å². The monoisotopic (exact) mass is 339 g/mol. The normalized spacial score (nSPS) is 27.3. The van der Waals surface area contributed by atoms with E-state index in [0.717, 1.165) is 18.5 Å². The minimum Gasteiger partial charge on any atom is -0.378 e. The maximum absolute atomic E-state index is 12.6. The molecule has 3 fully saturated rings. The van der Waals surface area contributed by atoms with Gasteiger partial charge in [0.05, 0.1) is 30.8 Å². The van der Waals surface area contributed by atoms with Crippen molar-refractivity contribution in [3.63, 3.8) is 0 Å². The molecule has 1 aromatic rings. The fraction of sp³-hybridized carbons (Fsp3) is 0.733. The lowest BCUT2D eigenvalue weighted by atomic mass is 10.2. The number of hydrogen-bond donors (Lipinski definition) is 0. The number of nitrogens with zero attached hydrogens (tertiary/aromatic N) is 3. The molecule has 7 nitrogen and oxygen atoms in total. The molecule has 4 rings (SSSR count). The fourth-order valence-electron chi connectivity index (χ4n) is 3.39. The van der Waals surface area contributed by atoms with Gasteiger partial charge in [-0.05, 0) is 25.3 Å². The van der Waals surface area contributed by atoms with Crippen molar-refractivity contribution in [2.75, 3.05) is 37.8 Å². The van der Waals surface area contributed by atoms with Crippen molar-refractivity contribution in [3.8, 4) is 0 Å². The summed E-state index contributed by atoms with van der Waals surface area (Å²) >= 11 is 0. The highest BCUT2D eigenvalue weighted by molar-refractivity contribution is 7.91. The maximum atomic E-state index is 12.6. The first kappa shape index (κ1) is 15.1. The molecular weight excluding hydrogens is 318 g/mol. The number of carbonyl (C=O) groups is 1. The molecule has 0 radical (unpaired) electrons. The van der Waals surface area contributed by atoms with Crippen molar-refractivity contribution >= 4 is 15.7 Å². The van der Waals surface area contributed by atoms with Crippen LogP contribution in [0.1, 0.15) is 47.4 Å². The minimum absolute atomic E-state index is 0.0743. The van der Waals surface area contributed by atoms with Crippen LogP contribution in [0.4, 0.5) is 0 Å². The van der Waals surface area contributed by atoms with Crippen molar-refractivity contribution in [3.05, 3.63) is 17.5 Å². The molecule has 0 N–H and O–H groups in total. The number of ether oxygens (including phenoxy) is 1. The molecule has 1 aromatic heterocycles. The van der Waals surface area contributed by atoms with Gasteiger partial charge in [-0.25, -0.2) is 8.42 Å². The molecule has 0 bridgehead atoms. The molecule has 1 amide bonds. The highest BCUT2D eigenvalue weighted by Gasteiger charge is 2.36. The molecule has 3 heterocycles. The average Bonchev–Trinajstić information content (AvgIpc) is 3.19. The average molecular weight is 339 g/mol. The molecule has 126 valence electrons. The topological polar surface area (TPSA) is 81.5 Å². The first-order chi connectivity index (χ1) is 11.0. The molecular formula is C15H21N3O4S. The number of aromatic nitrogens is 2. The van der Waals surface area contributed by atoms with Gasteiger partial charge in [0.15, 0.2) is 15.5 Å². The molecule has 2 saturated heterocycles. The van der Waals surface area contributed by atoms with Crippen LogP contribution in [0, 0.1) is 0 Å². The SMILES string of the molecule is O=C(c1cc(C2CC2)n(C2CCS(=O)(=O)C2)n1)N1CCOCC1. The standard InChI is InChI=1S/C15H21N3O4S/c19-15(17-4-6-22-7-5-17)13-9-14(11-1-2-11)18(16-13)12-3-8-23(20,21)10-12/h9,11-12H,1-8,10H2. The Balaban J connectivity index is 1.61. The van der Waals surface area contributed by atoms with E-state index < -0.39 is 9.84 Å². The van der Waals surface area contributed by atoms with Crippen LogP contribution in [0.15, 0.2) is 6.07 Å². The van der Waals surface area contributed by atoms with E-state index in [0.29, 0.717) is 44.3 Å². The summed E-state index contributed by atoms with van der Waals surface area (Å²) in [6, 6.07) is 1.75.